The van der Waals surface area contributed by atoms with E-state index in [2.05, 4.69) is 29.4 Å². The number of carbonyl (C=O) groups excluding carboxylic acids is 1. The number of nitrogens with one attached hydrogen (secondary N) is 1. The Labute approximate surface area is 163 Å². The summed E-state index contributed by atoms with van der Waals surface area (Å²) in [5, 5.41) is 6.48. The van der Waals surface area contributed by atoms with Crippen LogP contribution in [0.1, 0.15) is 30.5 Å². The second kappa shape index (κ2) is 8.97. The van der Waals surface area contributed by atoms with Crippen molar-refractivity contribution in [3.05, 3.63) is 76.3 Å². The molecule has 0 saturated heterocycles. The molecule has 2 aromatic carbocycles. The molecule has 0 spiro atoms. The molecule has 0 radical (unpaired) electrons. The lowest BCUT2D eigenvalue weighted by Gasteiger charge is -2.16. The first-order valence-electron chi connectivity index (χ1n) is 8.68. The largest absolute Gasteiger partial charge is 0.355 e. The van der Waals surface area contributed by atoms with E-state index < -0.39 is 0 Å². The molecular weight excluding hydrogens is 364 g/mol. The van der Waals surface area contributed by atoms with Gasteiger partial charge in [0.15, 0.2) is 0 Å². The van der Waals surface area contributed by atoms with Gasteiger partial charge in [-0.2, -0.15) is 0 Å². The topological polar surface area (TPSA) is 42.0 Å². The van der Waals surface area contributed by atoms with Crippen molar-refractivity contribution in [3.63, 3.8) is 0 Å². The highest BCUT2D eigenvalue weighted by Gasteiger charge is 2.13. The third-order valence-corrected chi connectivity index (χ3v) is 5.56. The molecule has 0 aliphatic carbocycles. The molecule has 1 amide bonds. The van der Waals surface area contributed by atoms with E-state index in [-0.39, 0.29) is 12.3 Å². The number of benzene rings is 2. The van der Waals surface area contributed by atoms with Gasteiger partial charge in [0, 0.05) is 23.4 Å². The molecule has 3 nitrogen and oxygen atoms in total. The molecule has 3 rings (SSSR count). The van der Waals surface area contributed by atoms with Crippen molar-refractivity contribution in [2.75, 3.05) is 6.54 Å². The van der Waals surface area contributed by atoms with Crippen LogP contribution in [-0.2, 0) is 11.2 Å². The summed E-state index contributed by atoms with van der Waals surface area (Å²) in [6.45, 7) is 2.78. The zero-order valence-corrected chi connectivity index (χ0v) is 16.2. The molecule has 1 heterocycles. The van der Waals surface area contributed by atoms with E-state index in [9.17, 15) is 4.79 Å². The Bertz CT molecular complexity index is 863. The van der Waals surface area contributed by atoms with Gasteiger partial charge in [-0.3, -0.25) is 4.79 Å². The molecule has 0 bridgehead atoms. The Hall–Kier alpha value is -2.17. The van der Waals surface area contributed by atoms with Crippen molar-refractivity contribution in [2.24, 2.45) is 0 Å². The maximum absolute atomic E-state index is 12.3. The molecule has 0 aliphatic heterocycles. The van der Waals surface area contributed by atoms with Gasteiger partial charge in [0.1, 0.15) is 5.01 Å². The van der Waals surface area contributed by atoms with Gasteiger partial charge < -0.3 is 5.32 Å². The Kier molecular flexibility index (Phi) is 6.42. The fraction of sp³-hybridized carbons (Fsp3) is 0.238. The second-order valence-electron chi connectivity index (χ2n) is 6.12. The minimum atomic E-state index is -0.00427. The van der Waals surface area contributed by atoms with E-state index in [1.165, 1.54) is 16.9 Å². The molecular formula is C21H21ClN2OS. The maximum Gasteiger partial charge on any atom is 0.226 e. The number of thiazole rings is 1. The van der Waals surface area contributed by atoms with Crippen LogP contribution >= 0.6 is 22.9 Å². The quantitative estimate of drug-likeness (QED) is 0.599. The maximum atomic E-state index is 12.3. The van der Waals surface area contributed by atoms with E-state index in [0.29, 0.717) is 17.5 Å². The van der Waals surface area contributed by atoms with Crippen LogP contribution in [0.15, 0.2) is 60.0 Å². The Morgan fingerprint density at radius 3 is 2.62 bits per heavy atom. The lowest BCUT2D eigenvalue weighted by atomic mass is 9.96. The third kappa shape index (κ3) is 4.71. The first-order chi connectivity index (χ1) is 12.7. The van der Waals surface area contributed by atoms with E-state index >= 15 is 0 Å². The van der Waals surface area contributed by atoms with Crippen molar-refractivity contribution in [3.8, 4) is 10.6 Å². The Balaban J connectivity index is 1.58. The second-order valence-corrected chi connectivity index (χ2v) is 7.39. The molecule has 26 heavy (non-hydrogen) atoms. The Morgan fingerprint density at radius 2 is 1.88 bits per heavy atom. The summed E-state index contributed by atoms with van der Waals surface area (Å²) in [7, 11) is 0. The lowest BCUT2D eigenvalue weighted by molar-refractivity contribution is -0.120. The summed E-state index contributed by atoms with van der Waals surface area (Å²) in [5.74, 6) is 0.324. The van der Waals surface area contributed by atoms with Crippen LogP contribution in [-0.4, -0.2) is 17.4 Å². The van der Waals surface area contributed by atoms with Gasteiger partial charge in [0.05, 0.1) is 17.1 Å². The van der Waals surface area contributed by atoms with Crippen LogP contribution in [0, 0.1) is 0 Å². The predicted molar refractivity (Wildman–Crippen MR) is 109 cm³/mol. The van der Waals surface area contributed by atoms with Crippen molar-refractivity contribution in [2.45, 2.75) is 25.7 Å². The number of halogens is 1. The summed E-state index contributed by atoms with van der Waals surface area (Å²) in [5.41, 5.74) is 2.93. The highest BCUT2D eigenvalue weighted by Crippen LogP contribution is 2.30. The summed E-state index contributed by atoms with van der Waals surface area (Å²) < 4.78 is 0. The van der Waals surface area contributed by atoms with Crippen molar-refractivity contribution in [1.82, 2.24) is 10.3 Å². The number of amides is 1. The molecule has 1 atom stereocenters. The number of carbonyl (C=O) groups is 1. The molecule has 5 heteroatoms. The number of hydrogen-bond donors (Lipinski definition) is 1. The minimum Gasteiger partial charge on any atom is -0.355 e. The van der Waals surface area contributed by atoms with Gasteiger partial charge >= 0.3 is 0 Å². The monoisotopic (exact) mass is 384 g/mol. The van der Waals surface area contributed by atoms with Crippen molar-refractivity contribution < 1.29 is 4.79 Å². The lowest BCUT2D eigenvalue weighted by Crippen LogP contribution is -2.29. The van der Waals surface area contributed by atoms with Gasteiger partial charge in [0.25, 0.3) is 0 Å². The first-order valence-corrected chi connectivity index (χ1v) is 9.94. The molecule has 1 aromatic heterocycles. The summed E-state index contributed by atoms with van der Waals surface area (Å²) in [4.78, 5) is 16.9. The van der Waals surface area contributed by atoms with Gasteiger partial charge in [-0.15, -0.1) is 11.3 Å². The number of aromatic nitrogens is 1. The third-order valence-electron chi connectivity index (χ3n) is 4.31. The Morgan fingerprint density at radius 1 is 1.15 bits per heavy atom. The zero-order valence-electron chi connectivity index (χ0n) is 14.6. The number of hydrogen-bond acceptors (Lipinski definition) is 3. The number of rotatable bonds is 7. The molecule has 0 aliphatic rings. The van der Waals surface area contributed by atoms with Gasteiger partial charge in [-0.25, -0.2) is 4.98 Å². The van der Waals surface area contributed by atoms with E-state index in [0.717, 1.165) is 22.7 Å². The van der Waals surface area contributed by atoms with Crippen molar-refractivity contribution >= 4 is 28.8 Å². The standard InChI is InChI=1S/C21H21ClN2OS/c1-2-15(16-8-4-3-5-9-16)13-23-20(25)12-17-14-26-21(24-17)18-10-6-7-11-19(18)22/h3-11,14-15H,2,12-13H2,1H3,(H,23,25). The van der Waals surface area contributed by atoms with Gasteiger partial charge in [-0.05, 0) is 18.1 Å². The molecule has 134 valence electrons. The minimum absolute atomic E-state index is 0.00427. The average molecular weight is 385 g/mol. The van der Waals surface area contributed by atoms with Gasteiger partial charge in [0.2, 0.25) is 5.91 Å². The average Bonchev–Trinajstić information content (AvgIpc) is 3.11. The predicted octanol–water partition coefficient (Wildman–Crippen LogP) is 5.32. The van der Waals surface area contributed by atoms with Crippen LogP contribution in [0.25, 0.3) is 10.6 Å². The van der Waals surface area contributed by atoms with E-state index in [4.69, 9.17) is 11.6 Å². The van der Waals surface area contributed by atoms with Crippen LogP contribution in [0.4, 0.5) is 0 Å². The van der Waals surface area contributed by atoms with Crippen LogP contribution in [0.5, 0.6) is 0 Å². The van der Waals surface area contributed by atoms with Crippen LogP contribution in [0.3, 0.4) is 0 Å². The molecule has 1 N–H and O–H groups in total. The summed E-state index contributed by atoms with van der Waals surface area (Å²) in [6.07, 6.45) is 1.27. The normalized spacial score (nSPS) is 11.9. The smallest absolute Gasteiger partial charge is 0.226 e. The molecule has 1 unspecified atom stereocenters. The van der Waals surface area contributed by atoms with Gasteiger partial charge in [-0.1, -0.05) is 67.1 Å². The molecule has 0 saturated carbocycles. The van der Waals surface area contributed by atoms with E-state index in [1.807, 2.05) is 47.8 Å². The first kappa shape index (κ1) is 18.6. The van der Waals surface area contributed by atoms with Crippen molar-refractivity contribution in [1.29, 1.82) is 0 Å². The highest BCUT2D eigenvalue weighted by molar-refractivity contribution is 7.13. The molecule has 3 aromatic rings. The summed E-state index contributed by atoms with van der Waals surface area (Å²) >= 11 is 7.73. The SMILES string of the molecule is CCC(CNC(=O)Cc1csc(-c2ccccc2Cl)n1)c1ccccc1. The van der Waals surface area contributed by atoms with Crippen LogP contribution < -0.4 is 5.32 Å². The van der Waals surface area contributed by atoms with Crippen LogP contribution in [0.2, 0.25) is 5.02 Å². The fourth-order valence-electron chi connectivity index (χ4n) is 2.83. The highest BCUT2D eigenvalue weighted by atomic mass is 35.5. The summed E-state index contributed by atoms with van der Waals surface area (Å²) in [6, 6.07) is 17.9. The zero-order chi connectivity index (χ0) is 18.4. The fourth-order valence-corrected chi connectivity index (χ4v) is 3.97. The van der Waals surface area contributed by atoms with E-state index in [1.54, 1.807) is 0 Å². The number of nitrogens with zero attached hydrogens (tertiary/aromatic N) is 1. The molecule has 0 fully saturated rings.